The molecule has 2 unspecified atom stereocenters. The van der Waals surface area contributed by atoms with Crippen molar-refractivity contribution in [2.24, 2.45) is 0 Å². The minimum atomic E-state index is -4.61. The van der Waals surface area contributed by atoms with Gasteiger partial charge in [-0.1, -0.05) is 162 Å². The van der Waals surface area contributed by atoms with Gasteiger partial charge in [-0.25, -0.2) is 0 Å². The van der Waals surface area contributed by atoms with Gasteiger partial charge in [0.25, 0.3) is 7.82 Å². The Kier molecular flexibility index (Phi) is 32.2. The lowest BCUT2D eigenvalue weighted by atomic mass is 10.0. The number of rotatable bonds is 37. The highest BCUT2D eigenvalue weighted by Gasteiger charge is 2.21. The standard InChI is InChI=1S/C39H78NO8P/c1-6-8-10-12-14-15-16-17-18-19-20-21-22-23-24-26-28-30-32-39(42)48-37(36-47-49(43,44)46-34-33-40(3,4)5)35-45-38(41)31-29-27-25-13-11-9-7-2/h37H,6-36H2,1-5H3. The molecule has 0 N–H and O–H groups in total. The van der Waals surface area contributed by atoms with Gasteiger partial charge in [0.2, 0.25) is 0 Å². The first-order chi connectivity index (χ1) is 23.5. The molecule has 0 amide bonds. The predicted octanol–water partition coefficient (Wildman–Crippen LogP) is 10.2. The molecule has 0 aliphatic carbocycles. The van der Waals surface area contributed by atoms with Gasteiger partial charge in [-0.2, -0.15) is 0 Å². The Labute approximate surface area is 302 Å². The average molecular weight is 720 g/mol. The fraction of sp³-hybridized carbons (Fsp3) is 0.949. The van der Waals surface area contributed by atoms with E-state index in [0.717, 1.165) is 32.1 Å². The van der Waals surface area contributed by atoms with E-state index in [9.17, 15) is 19.0 Å². The number of esters is 2. The fourth-order valence-corrected chi connectivity index (χ4v) is 6.38. The molecule has 0 saturated heterocycles. The predicted molar refractivity (Wildman–Crippen MR) is 199 cm³/mol. The molecule has 0 aromatic rings. The highest BCUT2D eigenvalue weighted by molar-refractivity contribution is 7.45. The second-order valence-corrected chi connectivity index (χ2v) is 16.4. The molecule has 0 aromatic carbocycles. The van der Waals surface area contributed by atoms with Gasteiger partial charge in [0.15, 0.2) is 6.10 Å². The topological polar surface area (TPSA) is 111 Å². The number of carbonyl (C=O) groups excluding carboxylic acids is 2. The van der Waals surface area contributed by atoms with Crippen LogP contribution in [0, 0.1) is 0 Å². The summed E-state index contributed by atoms with van der Waals surface area (Å²) >= 11 is 0. The molecule has 0 saturated carbocycles. The summed E-state index contributed by atoms with van der Waals surface area (Å²) in [6.07, 6.45) is 30.0. The van der Waals surface area contributed by atoms with Gasteiger partial charge in [-0.3, -0.25) is 14.2 Å². The maximum absolute atomic E-state index is 12.6. The third-order valence-corrected chi connectivity index (χ3v) is 9.84. The molecule has 0 heterocycles. The van der Waals surface area contributed by atoms with Gasteiger partial charge in [0, 0.05) is 12.8 Å². The molecule has 9 nitrogen and oxygen atoms in total. The van der Waals surface area contributed by atoms with Crippen molar-refractivity contribution < 1.29 is 42.1 Å². The zero-order valence-electron chi connectivity index (χ0n) is 32.7. The van der Waals surface area contributed by atoms with Crippen molar-refractivity contribution in [1.29, 1.82) is 0 Å². The van der Waals surface area contributed by atoms with Crippen LogP contribution in [0.1, 0.15) is 187 Å². The van der Waals surface area contributed by atoms with Crippen LogP contribution in [0.4, 0.5) is 0 Å². The van der Waals surface area contributed by atoms with Crippen LogP contribution in [0.2, 0.25) is 0 Å². The minimum Gasteiger partial charge on any atom is -0.756 e. The SMILES string of the molecule is CCCCCCCCCCCCCCCCCCCCC(=O)OC(COC(=O)CCCCCCCCC)COP(=O)([O-])OCC[N+](C)(C)C. The Hall–Kier alpha value is -0.990. The lowest BCUT2D eigenvalue weighted by Crippen LogP contribution is -2.37. The number of phosphoric acid groups is 1. The maximum Gasteiger partial charge on any atom is 0.306 e. The first-order valence-corrected chi connectivity index (χ1v) is 21.7. The summed E-state index contributed by atoms with van der Waals surface area (Å²) in [6, 6.07) is 0. The Morgan fingerprint density at radius 3 is 1.31 bits per heavy atom. The molecular formula is C39H78NO8P. The Morgan fingerprint density at radius 2 is 0.918 bits per heavy atom. The van der Waals surface area contributed by atoms with E-state index in [4.69, 9.17) is 18.5 Å². The lowest BCUT2D eigenvalue weighted by Gasteiger charge is -2.28. The van der Waals surface area contributed by atoms with E-state index < -0.39 is 26.5 Å². The van der Waals surface area contributed by atoms with E-state index >= 15 is 0 Å². The second kappa shape index (κ2) is 32.9. The van der Waals surface area contributed by atoms with Crippen molar-refractivity contribution in [3.05, 3.63) is 0 Å². The van der Waals surface area contributed by atoms with E-state index in [1.807, 2.05) is 21.1 Å². The van der Waals surface area contributed by atoms with E-state index in [0.29, 0.717) is 17.4 Å². The first-order valence-electron chi connectivity index (χ1n) is 20.2. The smallest absolute Gasteiger partial charge is 0.306 e. The number of ether oxygens (including phenoxy) is 2. The maximum atomic E-state index is 12.6. The summed E-state index contributed by atoms with van der Waals surface area (Å²) < 4.78 is 33.7. The summed E-state index contributed by atoms with van der Waals surface area (Å²) in [7, 11) is 1.18. The van der Waals surface area contributed by atoms with Crippen LogP contribution in [-0.4, -0.2) is 70.0 Å². The van der Waals surface area contributed by atoms with Gasteiger partial charge < -0.3 is 27.9 Å². The Morgan fingerprint density at radius 1 is 0.551 bits per heavy atom. The molecule has 0 bridgehead atoms. The van der Waals surface area contributed by atoms with Crippen molar-refractivity contribution in [2.75, 3.05) is 47.5 Å². The van der Waals surface area contributed by atoms with E-state index in [1.165, 1.54) is 122 Å². The molecular weight excluding hydrogens is 641 g/mol. The zero-order valence-corrected chi connectivity index (χ0v) is 33.6. The van der Waals surface area contributed by atoms with Crippen LogP contribution in [0.15, 0.2) is 0 Å². The highest BCUT2D eigenvalue weighted by atomic mass is 31.2. The van der Waals surface area contributed by atoms with Crippen molar-refractivity contribution >= 4 is 19.8 Å². The van der Waals surface area contributed by atoms with Crippen molar-refractivity contribution in [1.82, 2.24) is 0 Å². The van der Waals surface area contributed by atoms with E-state index in [-0.39, 0.29) is 32.0 Å². The number of unbranched alkanes of at least 4 members (excludes halogenated alkanes) is 23. The van der Waals surface area contributed by atoms with Gasteiger partial charge in [-0.15, -0.1) is 0 Å². The fourth-order valence-electron chi connectivity index (χ4n) is 5.65. The molecule has 0 fully saturated rings. The summed E-state index contributed by atoms with van der Waals surface area (Å²) in [5.41, 5.74) is 0. The van der Waals surface area contributed by atoms with Gasteiger partial charge in [0.05, 0.1) is 27.7 Å². The summed E-state index contributed by atoms with van der Waals surface area (Å²) in [5.74, 6) is -0.831. The molecule has 0 aliphatic rings. The molecule has 0 aliphatic heterocycles. The third-order valence-electron chi connectivity index (χ3n) is 8.88. The molecule has 0 spiro atoms. The van der Waals surface area contributed by atoms with Crippen LogP contribution in [-0.2, 0) is 32.7 Å². The summed E-state index contributed by atoms with van der Waals surface area (Å²) in [5, 5.41) is 0. The van der Waals surface area contributed by atoms with Crippen LogP contribution in [0.25, 0.3) is 0 Å². The Balaban J connectivity index is 4.25. The summed E-state index contributed by atoms with van der Waals surface area (Å²) in [6.45, 7) is 4.19. The normalized spacial score (nSPS) is 13.7. The number of nitrogens with zero attached hydrogens (tertiary/aromatic N) is 1. The first kappa shape index (κ1) is 48.0. The number of hydrogen-bond donors (Lipinski definition) is 0. The monoisotopic (exact) mass is 720 g/mol. The van der Waals surface area contributed by atoms with E-state index in [1.54, 1.807) is 0 Å². The zero-order chi connectivity index (χ0) is 36.5. The third kappa shape index (κ3) is 36.6. The number of likely N-dealkylation sites (N-methyl/N-ethyl adjacent to an activating group) is 1. The van der Waals surface area contributed by atoms with Crippen LogP contribution < -0.4 is 4.89 Å². The molecule has 0 aromatic heterocycles. The number of phosphoric ester groups is 1. The van der Waals surface area contributed by atoms with Crippen molar-refractivity contribution in [2.45, 2.75) is 193 Å². The van der Waals surface area contributed by atoms with Crippen LogP contribution in [0.3, 0.4) is 0 Å². The molecule has 0 radical (unpaired) electrons. The molecule has 0 rings (SSSR count). The van der Waals surface area contributed by atoms with Gasteiger partial charge in [0.1, 0.15) is 19.8 Å². The summed E-state index contributed by atoms with van der Waals surface area (Å²) in [4.78, 5) is 37.2. The van der Waals surface area contributed by atoms with Gasteiger partial charge >= 0.3 is 11.9 Å². The quantitative estimate of drug-likeness (QED) is 0.0270. The Bertz CT molecular complexity index is 819. The van der Waals surface area contributed by atoms with Crippen LogP contribution in [0.5, 0.6) is 0 Å². The minimum absolute atomic E-state index is 0.0263. The van der Waals surface area contributed by atoms with E-state index in [2.05, 4.69) is 13.8 Å². The van der Waals surface area contributed by atoms with Crippen molar-refractivity contribution in [3.63, 3.8) is 0 Å². The number of carbonyl (C=O) groups is 2. The molecule has 49 heavy (non-hydrogen) atoms. The lowest BCUT2D eigenvalue weighted by molar-refractivity contribution is -0.870. The highest BCUT2D eigenvalue weighted by Crippen LogP contribution is 2.38. The molecule has 10 heteroatoms. The molecule has 292 valence electrons. The number of quaternary nitrogens is 1. The van der Waals surface area contributed by atoms with Crippen LogP contribution >= 0.6 is 7.82 Å². The largest absolute Gasteiger partial charge is 0.756 e. The van der Waals surface area contributed by atoms with Gasteiger partial charge in [-0.05, 0) is 12.8 Å². The van der Waals surface area contributed by atoms with Crippen molar-refractivity contribution in [3.8, 4) is 0 Å². The second-order valence-electron chi connectivity index (χ2n) is 15.0. The number of hydrogen-bond acceptors (Lipinski definition) is 8. The average Bonchev–Trinajstić information content (AvgIpc) is 3.04. The molecule has 2 atom stereocenters.